The predicted molar refractivity (Wildman–Crippen MR) is 88.1 cm³/mol. The molecule has 124 valence electrons. The molecule has 2 rings (SSSR count). The van der Waals surface area contributed by atoms with E-state index in [0.29, 0.717) is 0 Å². The van der Waals surface area contributed by atoms with E-state index in [9.17, 15) is 14.4 Å². The average molecular weight is 326 g/mol. The molecule has 0 saturated carbocycles. The summed E-state index contributed by atoms with van der Waals surface area (Å²) in [5.74, 6) is -3.24. The van der Waals surface area contributed by atoms with Crippen molar-refractivity contribution >= 4 is 17.8 Å². The SMILES string of the molecule is NC(=O)[C@@H](CC(=O)O)NC(=O)C(c1ccccc1)c1ccccc1. The molecule has 0 saturated heterocycles. The predicted octanol–water partition coefficient (Wildman–Crippen LogP) is 1.26. The van der Waals surface area contributed by atoms with Crippen molar-refractivity contribution in [3.8, 4) is 0 Å². The van der Waals surface area contributed by atoms with Gasteiger partial charge in [0.15, 0.2) is 0 Å². The number of carboxylic acid groups (broad SMARTS) is 1. The van der Waals surface area contributed by atoms with Crippen LogP contribution >= 0.6 is 0 Å². The fourth-order valence-electron chi connectivity index (χ4n) is 2.44. The third-order valence-corrected chi connectivity index (χ3v) is 3.57. The Hall–Kier alpha value is -3.15. The van der Waals surface area contributed by atoms with Gasteiger partial charge in [0.1, 0.15) is 6.04 Å². The van der Waals surface area contributed by atoms with E-state index in [1.807, 2.05) is 12.1 Å². The number of rotatable bonds is 7. The van der Waals surface area contributed by atoms with Crippen molar-refractivity contribution in [3.63, 3.8) is 0 Å². The molecule has 2 aromatic carbocycles. The van der Waals surface area contributed by atoms with Crippen molar-refractivity contribution in [1.82, 2.24) is 5.32 Å². The molecule has 2 amide bonds. The third-order valence-electron chi connectivity index (χ3n) is 3.57. The molecule has 0 aliphatic heterocycles. The van der Waals surface area contributed by atoms with Gasteiger partial charge in [-0.25, -0.2) is 0 Å². The lowest BCUT2D eigenvalue weighted by atomic mass is 9.90. The summed E-state index contributed by atoms with van der Waals surface area (Å²) in [5, 5.41) is 11.3. The number of amides is 2. The molecule has 0 radical (unpaired) electrons. The standard InChI is InChI=1S/C18H18N2O4/c19-17(23)14(11-15(21)22)20-18(24)16(12-7-3-1-4-8-12)13-9-5-2-6-10-13/h1-10,14,16H,11H2,(H2,19,23)(H,20,24)(H,21,22)/t14-/m1/s1. The molecule has 0 unspecified atom stereocenters. The fraction of sp³-hybridized carbons (Fsp3) is 0.167. The third kappa shape index (κ3) is 4.42. The van der Waals surface area contributed by atoms with Gasteiger partial charge in [-0.05, 0) is 11.1 Å². The summed E-state index contributed by atoms with van der Waals surface area (Å²) in [4.78, 5) is 35.0. The number of nitrogens with two attached hydrogens (primary N) is 1. The number of aliphatic carboxylic acids is 1. The maximum atomic E-state index is 12.7. The highest BCUT2D eigenvalue weighted by Crippen LogP contribution is 2.25. The summed E-state index contributed by atoms with van der Waals surface area (Å²) in [6.07, 6.45) is -0.558. The second kappa shape index (κ2) is 7.92. The number of carboxylic acids is 1. The molecule has 0 bridgehead atoms. The van der Waals surface area contributed by atoms with Crippen molar-refractivity contribution < 1.29 is 19.5 Å². The number of benzene rings is 2. The minimum atomic E-state index is -1.26. The number of primary amides is 1. The first-order valence-electron chi connectivity index (χ1n) is 7.40. The second-order valence-electron chi connectivity index (χ2n) is 5.32. The summed E-state index contributed by atoms with van der Waals surface area (Å²) in [6, 6.07) is 16.8. The smallest absolute Gasteiger partial charge is 0.305 e. The van der Waals surface area contributed by atoms with Crippen LogP contribution in [0, 0.1) is 0 Å². The Kier molecular flexibility index (Phi) is 5.68. The number of hydrogen-bond acceptors (Lipinski definition) is 3. The van der Waals surface area contributed by atoms with E-state index < -0.39 is 36.2 Å². The topological polar surface area (TPSA) is 109 Å². The van der Waals surface area contributed by atoms with Crippen molar-refractivity contribution in [2.24, 2.45) is 5.73 Å². The van der Waals surface area contributed by atoms with Crippen LogP contribution < -0.4 is 11.1 Å². The van der Waals surface area contributed by atoms with Crippen molar-refractivity contribution in [2.45, 2.75) is 18.4 Å². The zero-order chi connectivity index (χ0) is 17.5. The van der Waals surface area contributed by atoms with Crippen LogP contribution in [0.4, 0.5) is 0 Å². The highest BCUT2D eigenvalue weighted by atomic mass is 16.4. The fourth-order valence-corrected chi connectivity index (χ4v) is 2.44. The van der Waals surface area contributed by atoms with Crippen LogP contribution in [0.5, 0.6) is 0 Å². The van der Waals surface area contributed by atoms with Crippen LogP contribution in [0.25, 0.3) is 0 Å². The number of carbonyl (C=O) groups excluding carboxylic acids is 2. The maximum absolute atomic E-state index is 12.7. The minimum Gasteiger partial charge on any atom is -0.481 e. The molecule has 4 N–H and O–H groups in total. The molecule has 0 fully saturated rings. The Morgan fingerprint density at radius 1 is 0.917 bits per heavy atom. The van der Waals surface area contributed by atoms with E-state index in [1.165, 1.54) is 0 Å². The highest BCUT2D eigenvalue weighted by Gasteiger charge is 2.28. The highest BCUT2D eigenvalue weighted by molar-refractivity contribution is 5.93. The Labute approximate surface area is 139 Å². The first kappa shape index (κ1) is 17.2. The zero-order valence-corrected chi connectivity index (χ0v) is 12.9. The summed E-state index contributed by atoms with van der Waals surface area (Å²) in [5.41, 5.74) is 6.67. The van der Waals surface area contributed by atoms with E-state index in [-0.39, 0.29) is 0 Å². The van der Waals surface area contributed by atoms with Gasteiger partial charge in [0.25, 0.3) is 0 Å². The van der Waals surface area contributed by atoms with Gasteiger partial charge in [-0.3, -0.25) is 14.4 Å². The Morgan fingerprint density at radius 2 is 1.38 bits per heavy atom. The summed E-state index contributed by atoms with van der Waals surface area (Å²) in [7, 11) is 0. The van der Waals surface area contributed by atoms with E-state index in [4.69, 9.17) is 10.8 Å². The lowest BCUT2D eigenvalue weighted by Crippen LogP contribution is -2.47. The Bertz CT molecular complexity index is 677. The second-order valence-corrected chi connectivity index (χ2v) is 5.32. The number of hydrogen-bond donors (Lipinski definition) is 3. The van der Waals surface area contributed by atoms with Gasteiger partial charge < -0.3 is 16.2 Å². The molecule has 6 nitrogen and oxygen atoms in total. The maximum Gasteiger partial charge on any atom is 0.305 e. The van der Waals surface area contributed by atoms with Crippen molar-refractivity contribution in [3.05, 3.63) is 71.8 Å². The van der Waals surface area contributed by atoms with Crippen LogP contribution in [0.3, 0.4) is 0 Å². The van der Waals surface area contributed by atoms with E-state index in [0.717, 1.165) is 11.1 Å². The number of nitrogens with one attached hydrogen (secondary N) is 1. The summed E-state index contributed by atoms with van der Waals surface area (Å²) >= 11 is 0. The average Bonchev–Trinajstić information content (AvgIpc) is 2.56. The Balaban J connectivity index is 2.32. The lowest BCUT2D eigenvalue weighted by Gasteiger charge is -2.21. The van der Waals surface area contributed by atoms with Crippen molar-refractivity contribution in [2.75, 3.05) is 0 Å². The molecule has 24 heavy (non-hydrogen) atoms. The molecule has 6 heteroatoms. The number of carbonyl (C=O) groups is 3. The van der Waals surface area contributed by atoms with Gasteiger partial charge in [-0.1, -0.05) is 60.7 Å². The van der Waals surface area contributed by atoms with Gasteiger partial charge in [-0.15, -0.1) is 0 Å². The van der Waals surface area contributed by atoms with Gasteiger partial charge in [0, 0.05) is 0 Å². The van der Waals surface area contributed by atoms with Gasteiger partial charge in [0.2, 0.25) is 11.8 Å². The molecule has 0 spiro atoms. The Morgan fingerprint density at radius 3 is 1.75 bits per heavy atom. The van der Waals surface area contributed by atoms with E-state index >= 15 is 0 Å². The van der Waals surface area contributed by atoms with Gasteiger partial charge in [0.05, 0.1) is 12.3 Å². The normalized spacial score (nSPS) is 11.7. The molecule has 2 aromatic rings. The van der Waals surface area contributed by atoms with E-state index in [2.05, 4.69) is 5.32 Å². The van der Waals surface area contributed by atoms with Crippen LogP contribution in [0.15, 0.2) is 60.7 Å². The van der Waals surface area contributed by atoms with Gasteiger partial charge in [-0.2, -0.15) is 0 Å². The molecule has 1 atom stereocenters. The molecular formula is C18H18N2O4. The summed E-state index contributed by atoms with van der Waals surface area (Å²) in [6.45, 7) is 0. The van der Waals surface area contributed by atoms with Crippen LogP contribution in [0.1, 0.15) is 23.5 Å². The lowest BCUT2D eigenvalue weighted by molar-refractivity contribution is -0.140. The minimum absolute atomic E-state index is 0.475. The largest absolute Gasteiger partial charge is 0.481 e. The molecule has 0 aromatic heterocycles. The van der Waals surface area contributed by atoms with Crippen LogP contribution in [0.2, 0.25) is 0 Å². The van der Waals surface area contributed by atoms with E-state index in [1.54, 1.807) is 48.5 Å². The van der Waals surface area contributed by atoms with Crippen molar-refractivity contribution in [1.29, 1.82) is 0 Å². The first-order chi connectivity index (χ1) is 11.5. The molecular weight excluding hydrogens is 308 g/mol. The van der Waals surface area contributed by atoms with Crippen LogP contribution in [-0.2, 0) is 14.4 Å². The van der Waals surface area contributed by atoms with Gasteiger partial charge >= 0.3 is 5.97 Å². The zero-order valence-electron chi connectivity index (χ0n) is 12.9. The monoisotopic (exact) mass is 326 g/mol. The molecule has 0 heterocycles. The molecule has 0 aliphatic rings. The first-order valence-corrected chi connectivity index (χ1v) is 7.40. The molecule has 0 aliphatic carbocycles. The quantitative estimate of drug-likeness (QED) is 0.711. The summed E-state index contributed by atoms with van der Waals surface area (Å²) < 4.78 is 0. The van der Waals surface area contributed by atoms with Crippen LogP contribution in [-0.4, -0.2) is 28.9 Å².